The van der Waals surface area contributed by atoms with Crippen molar-refractivity contribution in [3.8, 4) is 0 Å². The molecular weight excluding hydrogens is 393 g/mol. The zero-order valence-corrected chi connectivity index (χ0v) is 16.1. The van der Waals surface area contributed by atoms with Crippen LogP contribution in [0.5, 0.6) is 0 Å². The van der Waals surface area contributed by atoms with E-state index in [1.165, 1.54) is 11.3 Å². The molecule has 5 nitrogen and oxygen atoms in total. The molecule has 2 heterocycles. The van der Waals surface area contributed by atoms with Crippen LogP contribution in [0.4, 0.5) is 5.00 Å². The van der Waals surface area contributed by atoms with E-state index in [0.29, 0.717) is 18.1 Å². The molecule has 0 amide bonds. The number of benzene rings is 1. The average molecular weight is 410 g/mol. The molecule has 26 heavy (non-hydrogen) atoms. The second-order valence-electron chi connectivity index (χ2n) is 5.63. The van der Waals surface area contributed by atoms with E-state index in [2.05, 4.69) is 9.88 Å². The average Bonchev–Trinajstić information content (AvgIpc) is 3.07. The predicted molar refractivity (Wildman–Crippen MR) is 107 cm³/mol. The third-order valence-corrected chi connectivity index (χ3v) is 4.93. The first-order valence-corrected chi connectivity index (χ1v) is 8.88. The topological polar surface area (TPSA) is 59.3 Å². The van der Waals surface area contributed by atoms with E-state index in [1.807, 2.05) is 48.7 Å². The Morgan fingerprint density at radius 1 is 1.04 bits per heavy atom. The third kappa shape index (κ3) is 5.78. The van der Waals surface area contributed by atoms with Gasteiger partial charge in [-0.15, -0.1) is 12.4 Å². The molecule has 0 atom stereocenters. The second-order valence-corrected chi connectivity index (χ2v) is 7.21. The number of hydrogen-bond acceptors (Lipinski definition) is 5. The molecule has 0 aliphatic carbocycles. The number of rotatable bonds is 7. The van der Waals surface area contributed by atoms with Crippen LogP contribution >= 0.6 is 35.3 Å². The Kier molecular flexibility index (Phi) is 7.53. The molecule has 0 saturated carbocycles. The smallest absolute Gasteiger partial charge is 0.290 e. The number of pyridine rings is 1. The van der Waals surface area contributed by atoms with Gasteiger partial charge in [-0.3, -0.25) is 20.0 Å². The maximum absolute atomic E-state index is 10.9. The first-order valence-electron chi connectivity index (χ1n) is 7.69. The van der Waals surface area contributed by atoms with Gasteiger partial charge in [-0.2, -0.15) is 0 Å². The minimum Gasteiger partial charge on any atom is -0.290 e. The number of nitrogens with zero attached hydrogens (tertiary/aromatic N) is 3. The number of nitro groups is 1. The molecular formula is C18H17Cl2N3O2S. The molecule has 0 N–H and O–H groups in total. The number of halogens is 2. The fourth-order valence-corrected chi connectivity index (χ4v) is 3.52. The zero-order chi connectivity index (χ0) is 17.6. The minimum absolute atomic E-state index is 0. The Bertz CT molecular complexity index is 841. The molecule has 0 spiro atoms. The summed E-state index contributed by atoms with van der Waals surface area (Å²) in [5, 5.41) is 11.8. The van der Waals surface area contributed by atoms with E-state index in [1.54, 1.807) is 12.3 Å². The van der Waals surface area contributed by atoms with Gasteiger partial charge in [0, 0.05) is 48.0 Å². The lowest BCUT2D eigenvalue weighted by Gasteiger charge is -2.21. The SMILES string of the molecule is Cl.O=[N+]([O-])c1ccc(CN(Cc2ccc(Cl)cc2)Cc2cccnc2)s1. The van der Waals surface area contributed by atoms with Crippen LogP contribution in [0.1, 0.15) is 16.0 Å². The molecule has 136 valence electrons. The Morgan fingerprint density at radius 3 is 2.38 bits per heavy atom. The summed E-state index contributed by atoms with van der Waals surface area (Å²) in [7, 11) is 0. The van der Waals surface area contributed by atoms with Crippen molar-refractivity contribution in [2.24, 2.45) is 0 Å². The van der Waals surface area contributed by atoms with Crippen LogP contribution in [-0.2, 0) is 19.6 Å². The van der Waals surface area contributed by atoms with Gasteiger partial charge in [0.1, 0.15) is 0 Å². The van der Waals surface area contributed by atoms with E-state index >= 15 is 0 Å². The second kappa shape index (κ2) is 9.64. The van der Waals surface area contributed by atoms with Gasteiger partial charge in [-0.1, -0.05) is 41.1 Å². The van der Waals surface area contributed by atoms with Gasteiger partial charge in [0.15, 0.2) is 0 Å². The largest absolute Gasteiger partial charge is 0.324 e. The Labute approximate surface area is 166 Å². The molecule has 3 aromatic rings. The van der Waals surface area contributed by atoms with Gasteiger partial charge in [-0.05, 0) is 35.4 Å². The van der Waals surface area contributed by atoms with Crippen LogP contribution in [-0.4, -0.2) is 14.8 Å². The Balaban J connectivity index is 0.00000243. The Hall–Kier alpha value is -1.99. The number of aromatic nitrogens is 1. The molecule has 2 aromatic heterocycles. The summed E-state index contributed by atoms with van der Waals surface area (Å²) in [6.45, 7) is 2.07. The van der Waals surface area contributed by atoms with E-state index < -0.39 is 0 Å². The lowest BCUT2D eigenvalue weighted by atomic mass is 10.2. The highest BCUT2D eigenvalue weighted by Gasteiger charge is 2.14. The number of thiophene rings is 1. The summed E-state index contributed by atoms with van der Waals surface area (Å²) in [5.74, 6) is 0. The lowest BCUT2D eigenvalue weighted by Crippen LogP contribution is -2.22. The van der Waals surface area contributed by atoms with E-state index in [-0.39, 0.29) is 22.3 Å². The van der Waals surface area contributed by atoms with Gasteiger partial charge in [0.2, 0.25) is 0 Å². The summed E-state index contributed by atoms with van der Waals surface area (Å²) in [4.78, 5) is 17.9. The standard InChI is InChI=1S/C18H16ClN3O2S.ClH/c19-16-5-3-14(4-6-16)11-21(12-15-2-1-9-20-10-15)13-17-7-8-18(25-17)22(23)24;/h1-10H,11-13H2;1H. The van der Waals surface area contributed by atoms with Crippen LogP contribution < -0.4 is 0 Å². The molecule has 0 radical (unpaired) electrons. The molecule has 1 aromatic carbocycles. The first kappa shape index (κ1) is 20.3. The molecule has 0 unspecified atom stereocenters. The van der Waals surface area contributed by atoms with E-state index in [4.69, 9.17) is 11.6 Å². The van der Waals surface area contributed by atoms with Crippen molar-refractivity contribution in [3.63, 3.8) is 0 Å². The maximum atomic E-state index is 10.9. The maximum Gasteiger partial charge on any atom is 0.324 e. The summed E-state index contributed by atoms with van der Waals surface area (Å²) < 4.78 is 0. The molecule has 3 rings (SSSR count). The number of hydrogen-bond donors (Lipinski definition) is 0. The zero-order valence-electron chi connectivity index (χ0n) is 13.7. The molecule has 8 heteroatoms. The van der Waals surface area contributed by atoms with Crippen LogP contribution in [0, 0.1) is 10.1 Å². The summed E-state index contributed by atoms with van der Waals surface area (Å²) in [6, 6.07) is 15.0. The van der Waals surface area contributed by atoms with Crippen molar-refractivity contribution < 1.29 is 4.92 Å². The van der Waals surface area contributed by atoms with Crippen LogP contribution in [0.3, 0.4) is 0 Å². The van der Waals surface area contributed by atoms with E-state index in [0.717, 1.165) is 22.5 Å². The van der Waals surface area contributed by atoms with Crippen LogP contribution in [0.25, 0.3) is 0 Å². The predicted octanol–water partition coefficient (Wildman–Crippen LogP) is 5.33. The van der Waals surface area contributed by atoms with Crippen molar-refractivity contribution in [3.05, 3.63) is 92.1 Å². The van der Waals surface area contributed by atoms with Crippen LogP contribution in [0.2, 0.25) is 5.02 Å². The molecule has 0 aliphatic heterocycles. The molecule has 0 bridgehead atoms. The van der Waals surface area contributed by atoms with Gasteiger partial charge in [0.05, 0.1) is 4.92 Å². The van der Waals surface area contributed by atoms with Gasteiger partial charge in [-0.25, -0.2) is 0 Å². The summed E-state index contributed by atoms with van der Waals surface area (Å²) >= 11 is 7.17. The fraction of sp³-hybridized carbons (Fsp3) is 0.167. The molecule has 0 saturated heterocycles. The highest BCUT2D eigenvalue weighted by molar-refractivity contribution is 7.15. The molecule has 0 aliphatic rings. The van der Waals surface area contributed by atoms with E-state index in [9.17, 15) is 10.1 Å². The third-order valence-electron chi connectivity index (χ3n) is 3.66. The lowest BCUT2D eigenvalue weighted by molar-refractivity contribution is -0.380. The highest BCUT2D eigenvalue weighted by Crippen LogP contribution is 2.26. The summed E-state index contributed by atoms with van der Waals surface area (Å²) in [6.07, 6.45) is 3.58. The van der Waals surface area contributed by atoms with Crippen molar-refractivity contribution in [2.75, 3.05) is 0 Å². The van der Waals surface area contributed by atoms with Crippen molar-refractivity contribution in [1.82, 2.24) is 9.88 Å². The van der Waals surface area contributed by atoms with Crippen molar-refractivity contribution in [2.45, 2.75) is 19.6 Å². The Morgan fingerprint density at radius 2 is 1.77 bits per heavy atom. The quantitative estimate of drug-likeness (QED) is 0.390. The molecule has 0 fully saturated rings. The highest BCUT2D eigenvalue weighted by atomic mass is 35.5. The van der Waals surface area contributed by atoms with Crippen LogP contribution in [0.15, 0.2) is 60.9 Å². The normalized spacial score (nSPS) is 10.5. The van der Waals surface area contributed by atoms with Gasteiger partial charge >= 0.3 is 5.00 Å². The van der Waals surface area contributed by atoms with Gasteiger partial charge < -0.3 is 0 Å². The van der Waals surface area contributed by atoms with Gasteiger partial charge in [0.25, 0.3) is 0 Å². The summed E-state index contributed by atoms with van der Waals surface area (Å²) in [5.41, 5.74) is 2.24. The van der Waals surface area contributed by atoms with Crippen molar-refractivity contribution >= 4 is 40.3 Å². The van der Waals surface area contributed by atoms with Crippen molar-refractivity contribution in [1.29, 1.82) is 0 Å². The fourth-order valence-electron chi connectivity index (χ4n) is 2.54. The minimum atomic E-state index is -0.348. The first-order chi connectivity index (χ1) is 12.1. The monoisotopic (exact) mass is 409 g/mol.